The van der Waals surface area contributed by atoms with Gasteiger partial charge in [0.25, 0.3) is 5.56 Å². The number of aromatic nitrogens is 2. The summed E-state index contributed by atoms with van der Waals surface area (Å²) in [7, 11) is 0. The molecule has 0 spiro atoms. The summed E-state index contributed by atoms with van der Waals surface area (Å²) in [5, 5.41) is 17.1. The first kappa shape index (κ1) is 30.7. The third-order valence-corrected chi connectivity index (χ3v) is 9.52. The Morgan fingerprint density at radius 2 is 1.83 bits per heavy atom. The minimum Gasteiger partial charge on any atom is -0.458 e. The molecule has 1 amide bonds. The largest absolute Gasteiger partial charge is 0.458 e. The van der Waals surface area contributed by atoms with Gasteiger partial charge in [0.2, 0.25) is 5.91 Å². The van der Waals surface area contributed by atoms with Crippen LogP contribution in [0, 0.1) is 0 Å². The molecular weight excluding hydrogens is 596 g/mol. The molecule has 0 radical (unpaired) electrons. The van der Waals surface area contributed by atoms with Crippen LogP contribution in [-0.4, -0.2) is 46.4 Å². The second kappa shape index (κ2) is 12.0. The Hall–Kier alpha value is -4.90. The van der Waals surface area contributed by atoms with Crippen molar-refractivity contribution in [3.63, 3.8) is 0 Å². The lowest BCUT2D eigenvalue weighted by Gasteiger charge is -2.31. The number of esters is 1. The lowest BCUT2D eigenvalue weighted by Crippen LogP contribution is -2.44. The number of nitrogens with zero attached hydrogens (tertiary/aromatic N) is 2. The number of nitrogens with one attached hydrogen (secondary N) is 1. The Morgan fingerprint density at radius 1 is 1.06 bits per heavy atom. The highest BCUT2D eigenvalue weighted by Gasteiger charge is 2.45. The van der Waals surface area contributed by atoms with Crippen LogP contribution in [0.2, 0.25) is 0 Å². The maximum absolute atomic E-state index is 13.7. The molecule has 0 unspecified atom stereocenters. The van der Waals surface area contributed by atoms with Crippen molar-refractivity contribution in [2.75, 3.05) is 19.9 Å². The lowest BCUT2D eigenvalue weighted by molar-refractivity contribution is -0.172. The van der Waals surface area contributed by atoms with Gasteiger partial charge in [-0.3, -0.25) is 9.59 Å². The van der Waals surface area contributed by atoms with E-state index in [1.807, 2.05) is 6.07 Å². The van der Waals surface area contributed by atoms with Gasteiger partial charge in [-0.2, -0.15) is 0 Å². The second-order valence-electron chi connectivity index (χ2n) is 12.1. The average molecular weight is 633 g/mol. The van der Waals surface area contributed by atoms with Gasteiger partial charge in [-0.05, 0) is 70.5 Å². The highest BCUT2D eigenvalue weighted by molar-refractivity contribution is 6.10. The van der Waals surface area contributed by atoms with E-state index in [0.29, 0.717) is 42.1 Å². The van der Waals surface area contributed by atoms with E-state index in [1.165, 1.54) is 0 Å². The van der Waals surface area contributed by atoms with E-state index in [9.17, 15) is 19.5 Å². The van der Waals surface area contributed by atoms with Crippen molar-refractivity contribution in [2.24, 2.45) is 5.73 Å². The standard InChI is InChI=1S/C37H36N4O6/c1-3-25-27-18-41-31(16-29-28(35(41)43)19-47-36(44)37(29,45)4-2)34(27)40-30-12-11-23-9-10-24(15-26(23)33(25)30)22-7-5-21(6-8-22)13-14-46-20-39-32(42)17-38/h5-12,15-16,45H,3-4,13-14,17-20,38H2,1-2H3,(H,39,42)/t37-/m0/s1. The van der Waals surface area contributed by atoms with Crippen LogP contribution in [0.5, 0.6) is 0 Å². The van der Waals surface area contributed by atoms with E-state index in [2.05, 4.69) is 60.8 Å². The van der Waals surface area contributed by atoms with Gasteiger partial charge < -0.3 is 30.2 Å². The van der Waals surface area contributed by atoms with Crippen molar-refractivity contribution in [3.8, 4) is 22.5 Å². The van der Waals surface area contributed by atoms with Gasteiger partial charge >= 0.3 is 5.97 Å². The van der Waals surface area contributed by atoms with Gasteiger partial charge in [0.1, 0.15) is 13.3 Å². The molecule has 5 aromatic rings. The molecule has 0 saturated heterocycles. The number of ether oxygens (including phenoxy) is 2. The highest BCUT2D eigenvalue weighted by Crippen LogP contribution is 2.42. The number of amides is 1. The monoisotopic (exact) mass is 632 g/mol. The van der Waals surface area contributed by atoms with Gasteiger partial charge in [-0.15, -0.1) is 0 Å². The van der Waals surface area contributed by atoms with Crippen molar-refractivity contribution in [1.29, 1.82) is 0 Å². The van der Waals surface area contributed by atoms with Gasteiger partial charge in [-0.25, -0.2) is 9.78 Å². The molecule has 10 nitrogen and oxygen atoms in total. The van der Waals surface area contributed by atoms with E-state index in [4.69, 9.17) is 20.2 Å². The minimum absolute atomic E-state index is 0.0592. The van der Waals surface area contributed by atoms with Crippen LogP contribution in [0.1, 0.15) is 48.1 Å². The van der Waals surface area contributed by atoms with Crippen LogP contribution in [0.3, 0.4) is 0 Å². The van der Waals surface area contributed by atoms with Crippen molar-refractivity contribution in [3.05, 3.63) is 98.8 Å². The van der Waals surface area contributed by atoms with Crippen LogP contribution in [0.4, 0.5) is 0 Å². The van der Waals surface area contributed by atoms with Crippen molar-refractivity contribution < 1.29 is 24.2 Å². The molecule has 1 atom stereocenters. The molecule has 240 valence electrons. The smallest absolute Gasteiger partial charge is 0.343 e. The first-order valence-corrected chi connectivity index (χ1v) is 16.0. The summed E-state index contributed by atoms with van der Waals surface area (Å²) in [6, 6.07) is 20.7. The lowest BCUT2D eigenvalue weighted by atomic mass is 9.86. The molecule has 7 rings (SSSR count). The van der Waals surface area contributed by atoms with E-state index in [-0.39, 0.29) is 37.8 Å². The maximum atomic E-state index is 13.7. The molecule has 0 fully saturated rings. The summed E-state index contributed by atoms with van der Waals surface area (Å²) in [5.41, 5.74) is 11.4. The number of aliphatic hydroxyl groups is 1. The predicted octanol–water partition coefficient (Wildman–Crippen LogP) is 4.05. The van der Waals surface area contributed by atoms with Gasteiger partial charge in [0.05, 0.1) is 42.2 Å². The van der Waals surface area contributed by atoms with E-state index >= 15 is 0 Å². The summed E-state index contributed by atoms with van der Waals surface area (Å²) in [6.07, 6.45) is 1.55. The number of cyclic esters (lactones) is 1. The predicted molar refractivity (Wildman–Crippen MR) is 179 cm³/mol. The molecule has 47 heavy (non-hydrogen) atoms. The molecular formula is C37H36N4O6. The second-order valence-corrected chi connectivity index (χ2v) is 12.1. The van der Waals surface area contributed by atoms with E-state index in [0.717, 1.165) is 55.9 Å². The zero-order valence-corrected chi connectivity index (χ0v) is 26.4. The molecule has 0 aliphatic carbocycles. The Bertz CT molecular complexity index is 2140. The summed E-state index contributed by atoms with van der Waals surface area (Å²) < 4.78 is 12.4. The SMILES string of the molecule is CCc1c2c(nc3ccc4ccc(-c5ccc(CCOCNC(=O)CN)cc5)cc4c13)-c1cc3c(c(=O)n1C2)COC(=O)[C@]3(O)CC. The quantitative estimate of drug-likeness (QED) is 0.0937. The average Bonchev–Trinajstić information content (AvgIpc) is 3.47. The number of nitrogens with two attached hydrogens (primary N) is 1. The zero-order chi connectivity index (χ0) is 32.9. The number of rotatable bonds is 9. The number of aryl methyl sites for hydroxylation is 1. The fourth-order valence-corrected chi connectivity index (χ4v) is 6.89. The molecule has 4 heterocycles. The van der Waals surface area contributed by atoms with E-state index in [1.54, 1.807) is 17.6 Å². The van der Waals surface area contributed by atoms with E-state index < -0.39 is 11.6 Å². The van der Waals surface area contributed by atoms with Crippen molar-refractivity contribution in [1.82, 2.24) is 14.9 Å². The normalized spacial score (nSPS) is 16.6. The summed E-state index contributed by atoms with van der Waals surface area (Å²) in [4.78, 5) is 42.7. The Labute approximate surface area is 271 Å². The molecule has 0 bridgehead atoms. The number of pyridine rings is 2. The van der Waals surface area contributed by atoms with Gasteiger partial charge in [0, 0.05) is 16.5 Å². The number of hydrogen-bond donors (Lipinski definition) is 3. The highest BCUT2D eigenvalue weighted by atomic mass is 16.6. The number of carbonyl (C=O) groups excluding carboxylic acids is 2. The Balaban J connectivity index is 1.25. The summed E-state index contributed by atoms with van der Waals surface area (Å²) in [5.74, 6) is -0.977. The topological polar surface area (TPSA) is 146 Å². The molecule has 0 saturated carbocycles. The van der Waals surface area contributed by atoms with Crippen molar-refractivity contribution >= 4 is 33.6 Å². The Kier molecular flexibility index (Phi) is 7.87. The third kappa shape index (κ3) is 5.09. The number of hydrogen-bond acceptors (Lipinski definition) is 8. The molecule has 4 N–H and O–H groups in total. The number of carbonyl (C=O) groups is 2. The third-order valence-electron chi connectivity index (χ3n) is 9.52. The first-order chi connectivity index (χ1) is 22.8. The number of fused-ring (bicyclic) bond motifs is 7. The van der Waals surface area contributed by atoms with Crippen LogP contribution in [0.25, 0.3) is 44.2 Å². The fraction of sp³-hybridized carbons (Fsp3) is 0.297. The van der Waals surface area contributed by atoms with Crippen LogP contribution >= 0.6 is 0 Å². The van der Waals surface area contributed by atoms with Crippen LogP contribution < -0.4 is 16.6 Å². The number of benzene rings is 3. The molecule has 3 aromatic carbocycles. The molecule has 2 aromatic heterocycles. The fourth-order valence-electron chi connectivity index (χ4n) is 6.89. The van der Waals surface area contributed by atoms with Crippen LogP contribution in [0.15, 0.2) is 65.5 Å². The molecule has 10 heteroatoms. The zero-order valence-electron chi connectivity index (χ0n) is 26.4. The first-order valence-electron chi connectivity index (χ1n) is 16.0. The molecule has 2 aliphatic heterocycles. The minimum atomic E-state index is -1.86. The summed E-state index contributed by atoms with van der Waals surface area (Å²) >= 11 is 0. The van der Waals surface area contributed by atoms with Crippen LogP contribution in [-0.2, 0) is 50.7 Å². The maximum Gasteiger partial charge on any atom is 0.343 e. The van der Waals surface area contributed by atoms with Gasteiger partial charge in [0.15, 0.2) is 5.60 Å². The Morgan fingerprint density at radius 3 is 2.57 bits per heavy atom. The molecule has 2 aliphatic rings. The van der Waals surface area contributed by atoms with Crippen molar-refractivity contribution in [2.45, 2.75) is 51.9 Å². The van der Waals surface area contributed by atoms with Gasteiger partial charge in [-0.1, -0.05) is 56.3 Å². The summed E-state index contributed by atoms with van der Waals surface area (Å²) in [6.45, 7) is 4.59.